The molecule has 0 unspecified atom stereocenters. The van der Waals surface area contributed by atoms with E-state index >= 15 is 0 Å². The Morgan fingerprint density at radius 3 is 1.78 bits per heavy atom. The van der Waals surface area contributed by atoms with Gasteiger partial charge in [0.05, 0.1) is 38.1 Å². The Labute approximate surface area is 362 Å². The number of anilines is 1. The number of nitrogen functional groups attached to an aromatic ring is 1. The number of aromatic amines is 4. The van der Waals surface area contributed by atoms with Crippen molar-refractivity contribution in [1.29, 1.82) is 0 Å². The molecule has 0 fully saturated rings. The number of allylic oxidation sites excluding steroid dienone is 1. The number of aryl methyl sites for hydroxylation is 1. The Morgan fingerprint density at radius 1 is 0.609 bits per heavy atom. The van der Waals surface area contributed by atoms with Gasteiger partial charge in [0.2, 0.25) is 0 Å². The Morgan fingerprint density at radius 2 is 1.16 bits per heavy atom. The Bertz CT molecular complexity index is 3520. The molecule has 10 rings (SSSR count). The first kappa shape index (κ1) is 40.4. The van der Waals surface area contributed by atoms with Crippen LogP contribution in [-0.2, 0) is 6.42 Å². The number of carbonyl (C=O) groups excluding carboxylic acids is 2. The number of fused-ring (bicyclic) bond motifs is 4. The summed E-state index contributed by atoms with van der Waals surface area (Å²) in [6.07, 6.45) is 3.36. The molecular formula is C50H36N8O6. The summed E-state index contributed by atoms with van der Waals surface area (Å²) in [5.74, 6) is 0.421. The average Bonchev–Trinajstić information content (AvgIpc) is 3.94. The molecule has 0 saturated carbocycles. The molecule has 0 atom stereocenters. The van der Waals surface area contributed by atoms with Crippen LogP contribution in [0.5, 0.6) is 0 Å². The summed E-state index contributed by atoms with van der Waals surface area (Å²) < 4.78 is 0. The molecule has 14 nitrogen and oxygen atoms in total. The van der Waals surface area contributed by atoms with Crippen molar-refractivity contribution in [3.05, 3.63) is 205 Å². The molecule has 0 saturated heterocycles. The number of rotatable bonds is 10. The number of nitrogens with one attached hydrogen (secondary N) is 4. The van der Waals surface area contributed by atoms with Crippen molar-refractivity contribution in [2.75, 3.05) is 5.73 Å². The zero-order valence-corrected chi connectivity index (χ0v) is 33.8. The van der Waals surface area contributed by atoms with E-state index in [1.165, 1.54) is 30.4 Å². The van der Waals surface area contributed by atoms with Crippen LogP contribution in [0.3, 0.4) is 0 Å². The van der Waals surface area contributed by atoms with Crippen LogP contribution in [0.25, 0.3) is 72.2 Å². The first-order valence-electron chi connectivity index (χ1n) is 20.2. The van der Waals surface area contributed by atoms with Gasteiger partial charge in [0.25, 0.3) is 16.8 Å². The smallest absolute Gasteiger partial charge is 0.270 e. The minimum Gasteiger partial charge on any atom is -0.399 e. The Kier molecular flexibility index (Phi) is 10.8. The lowest BCUT2D eigenvalue weighted by Crippen LogP contribution is -2.20. The summed E-state index contributed by atoms with van der Waals surface area (Å²) in [4.78, 5) is 84.1. The molecule has 4 aromatic heterocycles. The highest BCUT2D eigenvalue weighted by molar-refractivity contribution is 6.15. The van der Waals surface area contributed by atoms with E-state index in [0.717, 1.165) is 38.8 Å². The minimum atomic E-state index is -0.575. The summed E-state index contributed by atoms with van der Waals surface area (Å²) in [5, 5.41) is 12.5. The van der Waals surface area contributed by atoms with E-state index in [4.69, 9.17) is 5.73 Å². The first-order chi connectivity index (χ1) is 31.1. The van der Waals surface area contributed by atoms with Gasteiger partial charge in [0.1, 0.15) is 11.6 Å². The molecule has 10 aromatic rings. The van der Waals surface area contributed by atoms with Crippen molar-refractivity contribution in [2.24, 2.45) is 0 Å². The van der Waals surface area contributed by atoms with Crippen LogP contribution in [-0.4, -0.2) is 46.4 Å². The van der Waals surface area contributed by atoms with Crippen molar-refractivity contribution < 1.29 is 14.5 Å². The lowest BCUT2D eigenvalue weighted by Gasteiger charge is -2.13. The molecule has 6 N–H and O–H groups in total. The van der Waals surface area contributed by atoms with E-state index in [0.29, 0.717) is 51.0 Å². The van der Waals surface area contributed by atoms with Gasteiger partial charge in [0, 0.05) is 63.6 Å². The predicted octanol–water partition coefficient (Wildman–Crippen LogP) is 9.34. The lowest BCUT2D eigenvalue weighted by molar-refractivity contribution is -0.384. The number of Topliss-reactive ketones (excluding diaryl/α,β-unsaturated/α-hetero) is 1. The van der Waals surface area contributed by atoms with E-state index in [1.807, 2.05) is 84.9 Å². The zero-order valence-electron chi connectivity index (χ0n) is 33.8. The van der Waals surface area contributed by atoms with Crippen molar-refractivity contribution in [2.45, 2.75) is 12.8 Å². The fourth-order valence-electron chi connectivity index (χ4n) is 7.79. The Hall–Kier alpha value is -9.04. The second-order valence-corrected chi connectivity index (χ2v) is 14.9. The van der Waals surface area contributed by atoms with Gasteiger partial charge in [-0.25, -0.2) is 9.97 Å². The number of carbonyl (C=O) groups is 2. The molecule has 0 spiro atoms. The van der Waals surface area contributed by atoms with Crippen LogP contribution in [0.2, 0.25) is 0 Å². The molecule has 14 heteroatoms. The third-order valence-corrected chi connectivity index (χ3v) is 10.7. The summed E-state index contributed by atoms with van der Waals surface area (Å²) in [6.45, 7) is 0. The number of benzene rings is 6. The number of nitrogens with two attached hydrogens (primary N) is 1. The average molecular weight is 845 g/mol. The van der Waals surface area contributed by atoms with Gasteiger partial charge in [-0.15, -0.1) is 0 Å². The number of pyridine rings is 2. The van der Waals surface area contributed by atoms with E-state index in [9.17, 15) is 29.3 Å². The van der Waals surface area contributed by atoms with Crippen LogP contribution in [0.1, 0.15) is 38.8 Å². The van der Waals surface area contributed by atoms with Gasteiger partial charge in [-0.05, 0) is 71.8 Å². The first-order valence-corrected chi connectivity index (χ1v) is 20.2. The normalized spacial score (nSPS) is 11.3. The number of hydrogen-bond donors (Lipinski definition) is 5. The quantitative estimate of drug-likeness (QED) is 0.0290. The van der Waals surface area contributed by atoms with E-state index in [1.54, 1.807) is 42.5 Å². The zero-order chi connectivity index (χ0) is 44.3. The highest BCUT2D eigenvalue weighted by atomic mass is 16.6. The number of para-hydroxylation sites is 4. The number of non-ortho nitro benzene ring substituents is 1. The minimum absolute atomic E-state index is 0.0958. The summed E-state index contributed by atoms with van der Waals surface area (Å²) in [7, 11) is 0. The van der Waals surface area contributed by atoms with Gasteiger partial charge < -0.3 is 25.7 Å². The monoisotopic (exact) mass is 844 g/mol. The maximum atomic E-state index is 13.3. The largest absolute Gasteiger partial charge is 0.399 e. The second-order valence-electron chi connectivity index (χ2n) is 14.9. The SMILES string of the molecule is Nc1ccc2[nH]c(=O)c(C(=O)CCc3nc4ccccc4[nH]3)c(-c3ccccc3)c2c1.O=C(/C=C/c1nc2ccccc2[nH]1)c1c(-c2ccccc2)c2cc([N+](=O)[O-])ccc2[nH]c1=O. The number of aromatic nitrogens is 6. The fraction of sp³-hybridized carbons (Fsp3) is 0.0400. The van der Waals surface area contributed by atoms with Crippen LogP contribution in [0.15, 0.2) is 161 Å². The number of nitro groups is 1. The summed E-state index contributed by atoms with van der Waals surface area (Å²) >= 11 is 0. The molecule has 6 aromatic carbocycles. The van der Waals surface area contributed by atoms with Gasteiger partial charge >= 0.3 is 0 Å². The number of hydrogen-bond acceptors (Lipinski definition) is 9. The van der Waals surface area contributed by atoms with Crippen molar-refractivity contribution in [3.8, 4) is 22.3 Å². The fourth-order valence-corrected chi connectivity index (χ4v) is 7.79. The van der Waals surface area contributed by atoms with Gasteiger partial charge in [-0.1, -0.05) is 84.9 Å². The number of H-pyrrole nitrogens is 4. The molecule has 0 aliphatic rings. The standard InChI is InChI=1S/C25H16N4O4.C25H20N4O2/c30-21(12-13-22-26-19-8-4-5-9-20(19)27-22)24-23(15-6-2-1-3-7-15)17-14-16(29(32)33)10-11-18(17)28-25(24)31;26-16-10-11-18-17(14-16)23(15-6-2-1-3-7-15)24(25(31)29-18)21(30)12-13-22-27-19-8-4-5-9-20(19)28-22/h1-14H,(H,26,27)(H,28,31);1-11,14H,12-13,26H2,(H,27,28)(H,29,31)/b13-12+;. The molecule has 0 bridgehead atoms. The highest BCUT2D eigenvalue weighted by Crippen LogP contribution is 2.33. The molecule has 0 radical (unpaired) electrons. The molecule has 0 amide bonds. The maximum Gasteiger partial charge on any atom is 0.270 e. The lowest BCUT2D eigenvalue weighted by atomic mass is 9.92. The summed E-state index contributed by atoms with van der Waals surface area (Å²) in [6, 6.07) is 43.0. The third-order valence-electron chi connectivity index (χ3n) is 10.7. The van der Waals surface area contributed by atoms with Crippen molar-refractivity contribution in [1.82, 2.24) is 29.9 Å². The van der Waals surface area contributed by atoms with Crippen molar-refractivity contribution >= 4 is 72.9 Å². The van der Waals surface area contributed by atoms with Crippen molar-refractivity contribution in [3.63, 3.8) is 0 Å². The van der Waals surface area contributed by atoms with Gasteiger partial charge in [0.15, 0.2) is 11.6 Å². The molecule has 64 heavy (non-hydrogen) atoms. The molecule has 0 aliphatic carbocycles. The molecule has 0 aliphatic heterocycles. The Balaban J connectivity index is 0.000000162. The van der Waals surface area contributed by atoms with E-state index < -0.39 is 21.8 Å². The third kappa shape index (κ3) is 8.09. The van der Waals surface area contributed by atoms with E-state index in [-0.39, 0.29) is 29.0 Å². The number of nitrogens with zero attached hydrogens (tertiary/aromatic N) is 3. The number of imidazole rings is 2. The number of nitro benzene ring substituents is 1. The van der Waals surface area contributed by atoms with Crippen LogP contribution in [0, 0.1) is 10.1 Å². The van der Waals surface area contributed by atoms with Gasteiger partial charge in [-0.2, -0.15) is 0 Å². The summed E-state index contributed by atoms with van der Waals surface area (Å²) in [5.41, 5.74) is 12.3. The van der Waals surface area contributed by atoms with Gasteiger partial charge in [-0.3, -0.25) is 29.3 Å². The van der Waals surface area contributed by atoms with Crippen LogP contribution < -0.4 is 16.9 Å². The topological polar surface area (TPSA) is 226 Å². The highest BCUT2D eigenvalue weighted by Gasteiger charge is 2.23. The maximum absolute atomic E-state index is 13.3. The van der Waals surface area contributed by atoms with Crippen LogP contribution in [0.4, 0.5) is 11.4 Å². The molecular weight excluding hydrogens is 809 g/mol. The van der Waals surface area contributed by atoms with Crippen LogP contribution >= 0.6 is 0 Å². The predicted molar refractivity (Wildman–Crippen MR) is 249 cm³/mol. The molecule has 312 valence electrons. The number of ketones is 2. The van der Waals surface area contributed by atoms with E-state index in [2.05, 4.69) is 29.9 Å². The second kappa shape index (κ2) is 17.1. The molecule has 4 heterocycles.